The van der Waals surface area contributed by atoms with Gasteiger partial charge in [-0.05, 0) is 48.4 Å². The number of nitrogens with two attached hydrogens (primary N) is 1. The highest BCUT2D eigenvalue weighted by Crippen LogP contribution is 2.31. The zero-order chi connectivity index (χ0) is 17.1. The van der Waals surface area contributed by atoms with Gasteiger partial charge in [0.15, 0.2) is 0 Å². The first-order valence-corrected chi connectivity index (χ1v) is 7.30. The number of benzene rings is 2. The molecule has 0 aliphatic heterocycles. The van der Waals surface area contributed by atoms with Gasteiger partial charge in [0, 0.05) is 11.1 Å². The van der Waals surface area contributed by atoms with Crippen LogP contribution >= 0.6 is 0 Å². The lowest BCUT2D eigenvalue weighted by molar-refractivity contribution is 0.0733. The molecule has 0 bridgehead atoms. The van der Waals surface area contributed by atoms with E-state index in [1.165, 1.54) is 12.3 Å². The third kappa shape index (κ3) is 3.05. The standard InChI is InChI=1S/C19H15NO4/c1-12-16(14-7-8-23-11-14)9-15(10-17(12)18(20)21)24-19(22)13-5-3-2-4-6-13/h2-11H,1H3,(H2,20,21). The summed E-state index contributed by atoms with van der Waals surface area (Å²) in [7, 11) is 0. The lowest BCUT2D eigenvalue weighted by Gasteiger charge is -2.12. The number of amides is 1. The van der Waals surface area contributed by atoms with Gasteiger partial charge in [0.2, 0.25) is 5.91 Å². The van der Waals surface area contributed by atoms with Crippen molar-refractivity contribution in [2.24, 2.45) is 5.73 Å². The zero-order valence-corrected chi connectivity index (χ0v) is 13.0. The number of ether oxygens (including phenoxy) is 1. The van der Waals surface area contributed by atoms with Crippen molar-refractivity contribution in [3.8, 4) is 16.9 Å². The molecular formula is C19H15NO4. The van der Waals surface area contributed by atoms with Crippen molar-refractivity contribution in [2.75, 3.05) is 0 Å². The molecule has 5 heteroatoms. The van der Waals surface area contributed by atoms with Crippen LogP contribution in [0.4, 0.5) is 0 Å². The summed E-state index contributed by atoms with van der Waals surface area (Å²) < 4.78 is 10.5. The SMILES string of the molecule is Cc1c(C(N)=O)cc(OC(=O)c2ccccc2)cc1-c1ccoc1. The highest BCUT2D eigenvalue weighted by Gasteiger charge is 2.16. The lowest BCUT2D eigenvalue weighted by Crippen LogP contribution is -2.15. The summed E-state index contributed by atoms with van der Waals surface area (Å²) in [6.45, 7) is 1.78. The molecule has 0 aliphatic carbocycles. The molecule has 3 rings (SSSR count). The van der Waals surface area contributed by atoms with E-state index < -0.39 is 11.9 Å². The number of hydrogen-bond donors (Lipinski definition) is 1. The van der Waals surface area contributed by atoms with E-state index in [-0.39, 0.29) is 5.75 Å². The Labute approximate surface area is 138 Å². The summed E-state index contributed by atoms with van der Waals surface area (Å²) in [4.78, 5) is 23.9. The fraction of sp³-hybridized carbons (Fsp3) is 0.0526. The first-order valence-electron chi connectivity index (χ1n) is 7.30. The van der Waals surface area contributed by atoms with E-state index in [9.17, 15) is 9.59 Å². The van der Waals surface area contributed by atoms with Gasteiger partial charge in [-0.3, -0.25) is 4.79 Å². The number of furan rings is 1. The molecule has 1 aromatic heterocycles. The minimum Gasteiger partial charge on any atom is -0.472 e. The van der Waals surface area contributed by atoms with Crippen molar-refractivity contribution >= 4 is 11.9 Å². The van der Waals surface area contributed by atoms with Gasteiger partial charge in [0.05, 0.1) is 18.1 Å². The summed E-state index contributed by atoms with van der Waals surface area (Å²) in [5.41, 5.74) is 8.35. The minimum atomic E-state index is -0.588. The van der Waals surface area contributed by atoms with Crippen molar-refractivity contribution in [3.05, 3.63) is 77.7 Å². The predicted molar refractivity (Wildman–Crippen MR) is 88.8 cm³/mol. The molecule has 0 aliphatic rings. The smallest absolute Gasteiger partial charge is 0.343 e. The molecule has 120 valence electrons. The molecule has 24 heavy (non-hydrogen) atoms. The van der Waals surface area contributed by atoms with Crippen LogP contribution in [0, 0.1) is 6.92 Å². The van der Waals surface area contributed by atoms with E-state index >= 15 is 0 Å². The third-order valence-electron chi connectivity index (χ3n) is 3.70. The maximum atomic E-state index is 12.2. The Kier molecular flexibility index (Phi) is 4.16. The first kappa shape index (κ1) is 15.6. The van der Waals surface area contributed by atoms with Gasteiger partial charge in [0.25, 0.3) is 0 Å². The second kappa shape index (κ2) is 6.42. The molecule has 0 radical (unpaired) electrons. The van der Waals surface area contributed by atoms with E-state index in [0.717, 1.165) is 11.1 Å². The first-order chi connectivity index (χ1) is 11.6. The van der Waals surface area contributed by atoms with Gasteiger partial charge in [-0.2, -0.15) is 0 Å². The molecule has 2 aromatic carbocycles. The number of rotatable bonds is 4. The number of carbonyl (C=O) groups excluding carboxylic acids is 2. The summed E-state index contributed by atoms with van der Waals surface area (Å²) in [5, 5.41) is 0. The van der Waals surface area contributed by atoms with Crippen LogP contribution in [0.3, 0.4) is 0 Å². The van der Waals surface area contributed by atoms with Crippen molar-refractivity contribution < 1.29 is 18.7 Å². The molecule has 1 heterocycles. The summed E-state index contributed by atoms with van der Waals surface area (Å²) >= 11 is 0. The number of hydrogen-bond acceptors (Lipinski definition) is 4. The summed E-state index contributed by atoms with van der Waals surface area (Å²) in [6, 6.07) is 13.5. The number of carbonyl (C=O) groups is 2. The van der Waals surface area contributed by atoms with E-state index in [1.54, 1.807) is 49.6 Å². The molecule has 0 fully saturated rings. The molecule has 0 saturated heterocycles. The maximum Gasteiger partial charge on any atom is 0.343 e. The highest BCUT2D eigenvalue weighted by molar-refractivity contribution is 5.97. The predicted octanol–water partition coefficient (Wildman–Crippen LogP) is 3.57. The fourth-order valence-corrected chi connectivity index (χ4v) is 2.46. The second-order valence-electron chi connectivity index (χ2n) is 5.28. The van der Waals surface area contributed by atoms with Gasteiger partial charge in [-0.1, -0.05) is 18.2 Å². The molecular weight excluding hydrogens is 306 g/mol. The summed E-state index contributed by atoms with van der Waals surface area (Å²) in [5.74, 6) is -0.845. The molecule has 3 aromatic rings. The van der Waals surface area contributed by atoms with Gasteiger partial charge in [-0.25, -0.2) is 4.79 Å². The van der Waals surface area contributed by atoms with Crippen LogP contribution in [0.5, 0.6) is 5.75 Å². The average molecular weight is 321 g/mol. The zero-order valence-electron chi connectivity index (χ0n) is 13.0. The van der Waals surface area contributed by atoms with Crippen molar-refractivity contribution in [1.29, 1.82) is 0 Å². The van der Waals surface area contributed by atoms with E-state index in [2.05, 4.69) is 0 Å². The van der Waals surface area contributed by atoms with Crippen molar-refractivity contribution in [2.45, 2.75) is 6.92 Å². The molecule has 1 amide bonds. The normalized spacial score (nSPS) is 10.4. The van der Waals surface area contributed by atoms with Crippen LogP contribution in [-0.4, -0.2) is 11.9 Å². The third-order valence-corrected chi connectivity index (χ3v) is 3.70. The van der Waals surface area contributed by atoms with E-state index in [4.69, 9.17) is 14.9 Å². The quantitative estimate of drug-likeness (QED) is 0.588. The molecule has 0 spiro atoms. The maximum absolute atomic E-state index is 12.2. The van der Waals surface area contributed by atoms with E-state index in [1.807, 2.05) is 6.07 Å². The van der Waals surface area contributed by atoms with Gasteiger partial charge >= 0.3 is 5.97 Å². The molecule has 5 nitrogen and oxygen atoms in total. The monoisotopic (exact) mass is 321 g/mol. The van der Waals surface area contributed by atoms with Gasteiger partial charge in [0.1, 0.15) is 5.75 Å². The topological polar surface area (TPSA) is 82.5 Å². The second-order valence-corrected chi connectivity index (χ2v) is 5.28. The lowest BCUT2D eigenvalue weighted by atomic mass is 9.97. The van der Waals surface area contributed by atoms with Gasteiger partial charge in [-0.15, -0.1) is 0 Å². The van der Waals surface area contributed by atoms with Crippen molar-refractivity contribution in [1.82, 2.24) is 0 Å². The van der Waals surface area contributed by atoms with Crippen molar-refractivity contribution in [3.63, 3.8) is 0 Å². The Hall–Kier alpha value is -3.34. The molecule has 0 saturated carbocycles. The Morgan fingerprint density at radius 3 is 2.46 bits per heavy atom. The Bertz CT molecular complexity index is 883. The van der Waals surface area contributed by atoms with E-state index in [0.29, 0.717) is 16.7 Å². The largest absolute Gasteiger partial charge is 0.472 e. The Morgan fingerprint density at radius 1 is 1.08 bits per heavy atom. The van der Waals surface area contributed by atoms with Crippen LogP contribution in [0.25, 0.3) is 11.1 Å². The molecule has 0 unspecified atom stereocenters. The minimum absolute atomic E-state index is 0.249. The number of primary amides is 1. The Balaban J connectivity index is 2.02. The summed E-state index contributed by atoms with van der Waals surface area (Å²) in [6.07, 6.45) is 3.08. The van der Waals surface area contributed by atoms with Crippen LogP contribution in [-0.2, 0) is 0 Å². The average Bonchev–Trinajstić information content (AvgIpc) is 3.11. The molecule has 2 N–H and O–H groups in total. The van der Waals surface area contributed by atoms with Crippen LogP contribution < -0.4 is 10.5 Å². The Morgan fingerprint density at radius 2 is 1.83 bits per heavy atom. The highest BCUT2D eigenvalue weighted by atomic mass is 16.5. The number of esters is 1. The van der Waals surface area contributed by atoms with Crippen LogP contribution in [0.15, 0.2) is 65.5 Å². The molecule has 0 atom stereocenters. The van der Waals surface area contributed by atoms with Gasteiger partial charge < -0.3 is 14.9 Å². The van der Waals surface area contributed by atoms with Crippen LogP contribution in [0.2, 0.25) is 0 Å². The fourth-order valence-electron chi connectivity index (χ4n) is 2.46. The van der Waals surface area contributed by atoms with Crippen LogP contribution in [0.1, 0.15) is 26.3 Å².